The first kappa shape index (κ1) is 21.0. The van der Waals surface area contributed by atoms with Crippen LogP contribution in [-0.4, -0.2) is 33.9 Å². The van der Waals surface area contributed by atoms with Gasteiger partial charge < -0.3 is 10.8 Å². The second kappa shape index (κ2) is 9.43. The lowest BCUT2D eigenvalue weighted by Gasteiger charge is -2.22. The number of carbonyl (C=O) groups is 2. The van der Waals surface area contributed by atoms with Gasteiger partial charge in [-0.3, -0.25) is 14.8 Å². The molecule has 0 aliphatic heterocycles. The first-order valence-electron chi connectivity index (χ1n) is 7.84. The van der Waals surface area contributed by atoms with Crippen LogP contribution in [0.4, 0.5) is 8.78 Å². The summed E-state index contributed by atoms with van der Waals surface area (Å²) in [4.78, 5) is 22.7. The monoisotopic (exact) mass is 357 g/mol. The third-order valence-corrected chi connectivity index (χ3v) is 4.00. The molecule has 5 N–H and O–H groups in total. The van der Waals surface area contributed by atoms with Gasteiger partial charge in [0.2, 0.25) is 5.91 Å². The molecule has 8 heteroatoms. The molecule has 0 saturated heterocycles. The van der Waals surface area contributed by atoms with Gasteiger partial charge in [-0.15, -0.1) is 0 Å². The number of aliphatic hydroxyl groups excluding tert-OH is 1. The summed E-state index contributed by atoms with van der Waals surface area (Å²) in [5.41, 5.74) is 4.76. The molecule has 1 aromatic carbocycles. The van der Waals surface area contributed by atoms with Crippen molar-refractivity contribution < 1.29 is 28.7 Å². The van der Waals surface area contributed by atoms with Gasteiger partial charge in [-0.25, -0.2) is 14.3 Å². The zero-order valence-electron chi connectivity index (χ0n) is 13.9. The number of hydrogen-bond donors (Lipinski definition) is 4. The van der Waals surface area contributed by atoms with Crippen LogP contribution in [0.3, 0.4) is 0 Å². The third kappa shape index (κ3) is 7.15. The van der Waals surface area contributed by atoms with Gasteiger partial charge in [0, 0.05) is 5.92 Å². The van der Waals surface area contributed by atoms with Gasteiger partial charge in [0.15, 0.2) is 5.67 Å². The highest BCUT2D eigenvalue weighted by Gasteiger charge is 2.33. The average molecular weight is 357 g/mol. The maximum Gasteiger partial charge on any atom is 0.254 e. The van der Waals surface area contributed by atoms with Crippen molar-refractivity contribution in [2.45, 2.75) is 44.4 Å². The Kier molecular flexibility index (Phi) is 7.92. The molecule has 139 valence electrons. The number of benzene rings is 1. The number of rotatable bonds is 10. The number of nitrogens with one attached hydrogen (secondary N) is 1. The Morgan fingerprint density at radius 1 is 1.44 bits per heavy atom. The number of aliphatic hydroxyl groups is 1. The fourth-order valence-electron chi connectivity index (χ4n) is 2.34. The van der Waals surface area contributed by atoms with Crippen LogP contribution in [0.15, 0.2) is 24.3 Å². The SMILES string of the molecule is CC(F)(CCC(CC(O)[CH]Cc1cccc(F)c1)C(=O)NO)C(N)=O. The summed E-state index contributed by atoms with van der Waals surface area (Å²) in [7, 11) is 0. The Labute approximate surface area is 145 Å². The van der Waals surface area contributed by atoms with Crippen LogP contribution in [0.1, 0.15) is 31.7 Å². The number of primary amides is 1. The van der Waals surface area contributed by atoms with Gasteiger partial charge >= 0.3 is 0 Å². The number of nitrogens with two attached hydrogens (primary N) is 1. The van der Waals surface area contributed by atoms with E-state index in [1.165, 1.54) is 24.0 Å². The van der Waals surface area contributed by atoms with Crippen LogP contribution >= 0.6 is 0 Å². The Balaban J connectivity index is 2.58. The molecule has 0 aliphatic carbocycles. The fraction of sp³-hybridized carbons (Fsp3) is 0.471. The van der Waals surface area contributed by atoms with Gasteiger partial charge in [0.05, 0.1) is 6.10 Å². The Morgan fingerprint density at radius 3 is 2.68 bits per heavy atom. The smallest absolute Gasteiger partial charge is 0.254 e. The van der Waals surface area contributed by atoms with Crippen LogP contribution in [0.2, 0.25) is 0 Å². The van der Waals surface area contributed by atoms with Gasteiger partial charge in [-0.1, -0.05) is 12.1 Å². The number of hydrogen-bond acceptors (Lipinski definition) is 4. The van der Waals surface area contributed by atoms with E-state index in [0.29, 0.717) is 5.56 Å². The topological polar surface area (TPSA) is 113 Å². The molecule has 0 bridgehead atoms. The first-order valence-corrected chi connectivity index (χ1v) is 7.84. The van der Waals surface area contributed by atoms with Crippen LogP contribution in [0.5, 0.6) is 0 Å². The van der Waals surface area contributed by atoms with E-state index >= 15 is 0 Å². The fourth-order valence-corrected chi connectivity index (χ4v) is 2.34. The molecular weight excluding hydrogens is 334 g/mol. The molecule has 1 rings (SSSR count). The minimum absolute atomic E-state index is 0.0868. The number of alkyl halides is 1. The van der Waals surface area contributed by atoms with Gasteiger partial charge in [-0.05, 0) is 56.7 Å². The zero-order chi connectivity index (χ0) is 19.0. The third-order valence-electron chi connectivity index (χ3n) is 4.00. The normalized spacial score (nSPS) is 15.9. The molecule has 25 heavy (non-hydrogen) atoms. The minimum atomic E-state index is -2.29. The van der Waals surface area contributed by atoms with Gasteiger partial charge in [0.25, 0.3) is 5.91 Å². The molecule has 0 heterocycles. The van der Waals surface area contributed by atoms with Crippen LogP contribution in [-0.2, 0) is 16.0 Å². The van der Waals surface area contributed by atoms with E-state index in [2.05, 4.69) is 0 Å². The van der Waals surface area contributed by atoms with Gasteiger partial charge in [-0.2, -0.15) is 0 Å². The average Bonchev–Trinajstić information content (AvgIpc) is 2.56. The van der Waals surface area contributed by atoms with Crippen molar-refractivity contribution in [1.82, 2.24) is 5.48 Å². The van der Waals surface area contributed by atoms with E-state index in [-0.39, 0.29) is 25.7 Å². The molecule has 0 fully saturated rings. The van der Waals surface area contributed by atoms with Crippen molar-refractivity contribution in [3.63, 3.8) is 0 Å². The van der Waals surface area contributed by atoms with Crippen molar-refractivity contribution in [3.05, 3.63) is 42.1 Å². The zero-order valence-corrected chi connectivity index (χ0v) is 13.9. The van der Waals surface area contributed by atoms with Crippen LogP contribution in [0, 0.1) is 18.2 Å². The molecule has 0 aromatic heterocycles. The molecule has 3 atom stereocenters. The van der Waals surface area contributed by atoms with E-state index in [9.17, 15) is 23.5 Å². The Bertz CT molecular complexity index is 596. The quantitative estimate of drug-likeness (QED) is 0.375. The maximum absolute atomic E-state index is 13.9. The lowest BCUT2D eigenvalue weighted by molar-refractivity contribution is -0.136. The summed E-state index contributed by atoms with van der Waals surface area (Å²) in [6.45, 7) is 1.01. The standard InChI is InChI=1S/C17H23F2N2O4/c1-17(19,16(20)24)8-7-12(15(23)21-25)10-14(22)6-5-11-3-2-4-13(18)9-11/h2-4,6,9,12,14,22,25H,5,7-8,10H2,1H3,(H2,20,24)(H,21,23). The molecule has 3 unspecified atom stereocenters. The van der Waals surface area contributed by atoms with Crippen LogP contribution < -0.4 is 11.2 Å². The molecule has 0 aliphatic rings. The first-order chi connectivity index (χ1) is 11.7. The summed E-state index contributed by atoms with van der Waals surface area (Å²) in [5.74, 6) is -3.25. The molecule has 1 aromatic rings. The number of halogens is 2. The van der Waals surface area contributed by atoms with Crippen molar-refractivity contribution in [2.75, 3.05) is 0 Å². The predicted octanol–water partition coefficient (Wildman–Crippen LogP) is 1.44. The van der Waals surface area contributed by atoms with Crippen molar-refractivity contribution in [1.29, 1.82) is 0 Å². The Morgan fingerprint density at radius 2 is 2.12 bits per heavy atom. The summed E-state index contributed by atoms with van der Waals surface area (Å²) in [6.07, 6.45) is 0.217. The highest BCUT2D eigenvalue weighted by atomic mass is 19.1. The van der Waals surface area contributed by atoms with E-state index in [1.54, 1.807) is 12.1 Å². The summed E-state index contributed by atoms with van der Waals surface area (Å²) in [6, 6.07) is 5.85. The summed E-state index contributed by atoms with van der Waals surface area (Å²) in [5, 5.41) is 18.8. The molecule has 0 saturated carbocycles. The number of carbonyl (C=O) groups excluding carboxylic acids is 2. The van der Waals surface area contributed by atoms with E-state index < -0.39 is 35.3 Å². The lowest BCUT2D eigenvalue weighted by atomic mass is 9.89. The molecule has 0 spiro atoms. The van der Waals surface area contributed by atoms with Gasteiger partial charge in [0.1, 0.15) is 5.82 Å². The van der Waals surface area contributed by atoms with Crippen molar-refractivity contribution >= 4 is 11.8 Å². The maximum atomic E-state index is 13.9. The summed E-state index contributed by atoms with van der Waals surface area (Å²) >= 11 is 0. The largest absolute Gasteiger partial charge is 0.393 e. The molecular formula is C17H23F2N2O4. The molecule has 6 nitrogen and oxygen atoms in total. The highest BCUT2D eigenvalue weighted by Crippen LogP contribution is 2.24. The second-order valence-electron chi connectivity index (χ2n) is 6.15. The number of hydroxylamine groups is 1. The van der Waals surface area contributed by atoms with Crippen molar-refractivity contribution in [2.24, 2.45) is 11.7 Å². The Hall–Kier alpha value is -2.06. The minimum Gasteiger partial charge on any atom is -0.393 e. The molecule has 2 amide bonds. The highest BCUT2D eigenvalue weighted by molar-refractivity contribution is 5.83. The van der Waals surface area contributed by atoms with E-state index in [1.807, 2.05) is 0 Å². The number of amides is 2. The summed E-state index contributed by atoms with van der Waals surface area (Å²) < 4.78 is 27.0. The second-order valence-corrected chi connectivity index (χ2v) is 6.15. The predicted molar refractivity (Wildman–Crippen MR) is 86.4 cm³/mol. The van der Waals surface area contributed by atoms with Crippen molar-refractivity contribution in [3.8, 4) is 0 Å². The van der Waals surface area contributed by atoms with E-state index in [0.717, 1.165) is 6.92 Å². The lowest BCUT2D eigenvalue weighted by Crippen LogP contribution is -2.38. The molecule has 1 radical (unpaired) electrons. The van der Waals surface area contributed by atoms with Crippen LogP contribution in [0.25, 0.3) is 0 Å². The van der Waals surface area contributed by atoms with E-state index in [4.69, 9.17) is 10.9 Å².